The van der Waals surface area contributed by atoms with E-state index in [4.69, 9.17) is 16.3 Å². The summed E-state index contributed by atoms with van der Waals surface area (Å²) in [5.41, 5.74) is 1.00. The Morgan fingerprint density at radius 2 is 2.00 bits per heavy atom. The van der Waals surface area contributed by atoms with Crippen molar-refractivity contribution in [3.63, 3.8) is 0 Å². The quantitative estimate of drug-likeness (QED) is 0.836. The normalized spacial score (nSPS) is 14.6. The molecule has 0 amide bonds. The molecule has 1 aromatic rings. The molecule has 2 unspecified atom stereocenters. The minimum Gasteiger partial charge on any atom is -0.496 e. The predicted octanol–water partition coefficient (Wildman–Crippen LogP) is 3.02. The zero-order valence-electron chi connectivity index (χ0n) is 11.4. The summed E-state index contributed by atoms with van der Waals surface area (Å²) in [5.74, 6) is 1.05. The van der Waals surface area contributed by atoms with Crippen molar-refractivity contribution in [1.29, 1.82) is 0 Å². The summed E-state index contributed by atoms with van der Waals surface area (Å²) in [6.07, 6.45) is -0.349. The number of ether oxygens (including phenoxy) is 1. The Morgan fingerprint density at radius 1 is 1.33 bits per heavy atom. The van der Waals surface area contributed by atoms with E-state index in [1.807, 2.05) is 32.9 Å². The largest absolute Gasteiger partial charge is 0.496 e. The Bertz CT molecular complexity index is 382. The van der Waals surface area contributed by atoms with E-state index in [2.05, 4.69) is 5.32 Å². The van der Waals surface area contributed by atoms with Crippen LogP contribution in [0.25, 0.3) is 0 Å². The molecule has 0 bridgehead atoms. The zero-order valence-corrected chi connectivity index (χ0v) is 12.2. The minimum absolute atomic E-state index is 0.0760. The van der Waals surface area contributed by atoms with E-state index >= 15 is 0 Å². The first-order valence-corrected chi connectivity index (χ1v) is 6.58. The summed E-state index contributed by atoms with van der Waals surface area (Å²) < 4.78 is 5.31. The average Bonchev–Trinajstić information content (AvgIpc) is 2.35. The van der Waals surface area contributed by atoms with E-state index < -0.39 is 0 Å². The second kappa shape index (κ2) is 6.98. The lowest BCUT2D eigenvalue weighted by Crippen LogP contribution is -2.32. The first-order chi connectivity index (χ1) is 8.45. The number of methoxy groups -OCH3 is 1. The minimum atomic E-state index is -0.349. The molecule has 18 heavy (non-hydrogen) atoms. The lowest BCUT2D eigenvalue weighted by molar-refractivity contribution is 0.120. The summed E-state index contributed by atoms with van der Waals surface area (Å²) in [4.78, 5) is 0. The van der Waals surface area contributed by atoms with Crippen LogP contribution in [-0.4, -0.2) is 24.9 Å². The van der Waals surface area contributed by atoms with Crippen molar-refractivity contribution in [3.05, 3.63) is 28.8 Å². The van der Waals surface area contributed by atoms with Crippen LogP contribution in [0.1, 0.15) is 32.4 Å². The number of aliphatic hydroxyl groups is 1. The smallest absolute Gasteiger partial charge is 0.123 e. The van der Waals surface area contributed by atoms with E-state index in [1.165, 1.54) is 0 Å². The first-order valence-electron chi connectivity index (χ1n) is 6.20. The maximum atomic E-state index is 9.78. The molecule has 0 aliphatic heterocycles. The van der Waals surface area contributed by atoms with Gasteiger partial charge >= 0.3 is 0 Å². The fourth-order valence-electron chi connectivity index (χ4n) is 1.69. The van der Waals surface area contributed by atoms with Gasteiger partial charge in [-0.3, -0.25) is 0 Å². The molecule has 0 spiro atoms. The second-order valence-electron chi connectivity index (χ2n) is 4.83. The van der Waals surface area contributed by atoms with Crippen molar-refractivity contribution in [2.45, 2.75) is 32.9 Å². The van der Waals surface area contributed by atoms with Gasteiger partial charge < -0.3 is 15.2 Å². The third-order valence-corrected chi connectivity index (χ3v) is 3.30. The fraction of sp³-hybridized carbons (Fsp3) is 0.571. The molecular weight excluding hydrogens is 250 g/mol. The summed E-state index contributed by atoms with van der Waals surface area (Å²) in [7, 11) is 1.64. The van der Waals surface area contributed by atoms with Gasteiger partial charge in [0.05, 0.1) is 13.2 Å². The Hall–Kier alpha value is -0.770. The highest BCUT2D eigenvalue weighted by atomic mass is 35.5. The zero-order chi connectivity index (χ0) is 13.7. The van der Waals surface area contributed by atoms with Gasteiger partial charge in [-0.15, -0.1) is 0 Å². The van der Waals surface area contributed by atoms with Gasteiger partial charge in [0.15, 0.2) is 0 Å². The van der Waals surface area contributed by atoms with Crippen molar-refractivity contribution >= 4 is 11.6 Å². The summed E-state index contributed by atoms with van der Waals surface area (Å²) in [6, 6.07) is 5.63. The van der Waals surface area contributed by atoms with Crippen molar-refractivity contribution in [3.8, 4) is 5.75 Å². The van der Waals surface area contributed by atoms with Gasteiger partial charge in [-0.2, -0.15) is 0 Å². The SMILES string of the molecule is COc1ccc(Cl)cc1C(C)NCC(O)C(C)C. The number of rotatable bonds is 6. The number of aliphatic hydroxyl groups excluding tert-OH is 1. The molecule has 102 valence electrons. The van der Waals surface area contributed by atoms with Crippen LogP contribution in [0.3, 0.4) is 0 Å². The lowest BCUT2D eigenvalue weighted by atomic mass is 10.0. The highest BCUT2D eigenvalue weighted by Crippen LogP contribution is 2.28. The molecule has 0 heterocycles. The van der Waals surface area contributed by atoms with E-state index in [1.54, 1.807) is 13.2 Å². The van der Waals surface area contributed by atoms with Gasteiger partial charge in [0.1, 0.15) is 5.75 Å². The molecule has 1 aromatic carbocycles. The molecule has 3 nitrogen and oxygen atoms in total. The van der Waals surface area contributed by atoms with Crippen LogP contribution in [-0.2, 0) is 0 Å². The highest BCUT2D eigenvalue weighted by Gasteiger charge is 2.14. The molecule has 0 saturated heterocycles. The van der Waals surface area contributed by atoms with Gasteiger partial charge in [0.2, 0.25) is 0 Å². The van der Waals surface area contributed by atoms with Crippen molar-refractivity contribution in [2.24, 2.45) is 5.92 Å². The maximum absolute atomic E-state index is 9.78. The molecule has 0 aliphatic rings. The number of hydrogen-bond donors (Lipinski definition) is 2. The third-order valence-electron chi connectivity index (χ3n) is 3.06. The number of halogens is 1. The molecule has 0 aromatic heterocycles. The first kappa shape index (κ1) is 15.3. The Balaban J connectivity index is 2.71. The van der Waals surface area contributed by atoms with Gasteiger partial charge in [0.25, 0.3) is 0 Å². The summed E-state index contributed by atoms with van der Waals surface area (Å²) >= 11 is 6.00. The number of benzene rings is 1. The molecule has 2 atom stereocenters. The summed E-state index contributed by atoms with van der Waals surface area (Å²) in [5, 5.41) is 13.8. The van der Waals surface area contributed by atoms with E-state index in [9.17, 15) is 5.11 Å². The molecule has 0 radical (unpaired) electrons. The van der Waals surface area contributed by atoms with Crippen LogP contribution < -0.4 is 10.1 Å². The van der Waals surface area contributed by atoms with Crippen LogP contribution in [0, 0.1) is 5.92 Å². The average molecular weight is 272 g/mol. The number of nitrogens with one attached hydrogen (secondary N) is 1. The Kier molecular flexibility index (Phi) is 5.93. The molecule has 0 aliphatic carbocycles. The molecule has 2 N–H and O–H groups in total. The van der Waals surface area contributed by atoms with Crippen LogP contribution in [0.4, 0.5) is 0 Å². The lowest BCUT2D eigenvalue weighted by Gasteiger charge is -2.21. The summed E-state index contributed by atoms with van der Waals surface area (Å²) in [6.45, 7) is 6.57. The molecule has 4 heteroatoms. The van der Waals surface area contributed by atoms with Gasteiger partial charge in [-0.1, -0.05) is 25.4 Å². The fourth-order valence-corrected chi connectivity index (χ4v) is 1.87. The Morgan fingerprint density at radius 3 is 2.56 bits per heavy atom. The second-order valence-corrected chi connectivity index (χ2v) is 5.26. The third kappa shape index (κ3) is 4.16. The van der Waals surface area contributed by atoms with Gasteiger partial charge in [-0.25, -0.2) is 0 Å². The highest BCUT2D eigenvalue weighted by molar-refractivity contribution is 6.30. The van der Waals surface area contributed by atoms with Crippen LogP contribution >= 0.6 is 11.6 Å². The van der Waals surface area contributed by atoms with Crippen LogP contribution in [0.15, 0.2) is 18.2 Å². The van der Waals surface area contributed by atoms with Gasteiger partial charge in [0, 0.05) is 23.2 Å². The van der Waals surface area contributed by atoms with Crippen molar-refractivity contribution in [2.75, 3.05) is 13.7 Å². The molecule has 0 fully saturated rings. The van der Waals surface area contributed by atoms with Gasteiger partial charge in [-0.05, 0) is 31.0 Å². The monoisotopic (exact) mass is 271 g/mol. The maximum Gasteiger partial charge on any atom is 0.123 e. The van der Waals surface area contributed by atoms with Crippen LogP contribution in [0.5, 0.6) is 5.75 Å². The van der Waals surface area contributed by atoms with Crippen molar-refractivity contribution < 1.29 is 9.84 Å². The van der Waals surface area contributed by atoms with E-state index in [-0.39, 0.29) is 18.1 Å². The molecular formula is C14H22ClNO2. The predicted molar refractivity (Wildman–Crippen MR) is 75.3 cm³/mol. The van der Waals surface area contributed by atoms with Crippen LogP contribution in [0.2, 0.25) is 5.02 Å². The van der Waals surface area contributed by atoms with E-state index in [0.29, 0.717) is 11.6 Å². The van der Waals surface area contributed by atoms with E-state index in [0.717, 1.165) is 11.3 Å². The standard InChI is InChI=1S/C14H22ClNO2/c1-9(2)13(17)8-16-10(3)12-7-11(15)5-6-14(12)18-4/h5-7,9-10,13,16-17H,8H2,1-4H3. The van der Waals surface area contributed by atoms with Crippen molar-refractivity contribution in [1.82, 2.24) is 5.32 Å². The Labute approximate surface area is 114 Å². The molecule has 0 saturated carbocycles. The number of hydrogen-bond acceptors (Lipinski definition) is 3. The topological polar surface area (TPSA) is 41.5 Å². The molecule has 1 rings (SSSR count).